The van der Waals surface area contributed by atoms with Gasteiger partial charge in [0, 0.05) is 35.6 Å². The van der Waals surface area contributed by atoms with Gasteiger partial charge >= 0.3 is 0 Å². The fourth-order valence-corrected chi connectivity index (χ4v) is 5.35. The van der Waals surface area contributed by atoms with Crippen molar-refractivity contribution >= 4 is 20.9 Å². The molecular formula is C17H22N4O5S. The number of H-pyrrole nitrogens is 1. The Bertz CT molecular complexity index is 1030. The normalized spacial score (nSPS) is 25.0. The van der Waals surface area contributed by atoms with E-state index in [2.05, 4.69) is 20.6 Å². The minimum absolute atomic E-state index is 0.0853. The minimum Gasteiger partial charge on any atom is -0.486 e. The van der Waals surface area contributed by atoms with Gasteiger partial charge in [-0.25, -0.2) is 13.1 Å². The van der Waals surface area contributed by atoms with Crippen LogP contribution in [-0.4, -0.2) is 43.9 Å². The number of hydrogen-bond donors (Lipinski definition) is 4. The van der Waals surface area contributed by atoms with E-state index in [9.17, 15) is 13.2 Å². The summed E-state index contributed by atoms with van der Waals surface area (Å²) in [7, 11) is -3.61. The van der Waals surface area contributed by atoms with Crippen LogP contribution in [0.3, 0.4) is 0 Å². The van der Waals surface area contributed by atoms with Crippen LogP contribution in [0.2, 0.25) is 0 Å². The largest absolute Gasteiger partial charge is 0.486 e. The molecule has 9 nitrogen and oxygen atoms in total. The Balaban J connectivity index is 1.60. The number of hydrogen-bond acceptors (Lipinski definition) is 7. The Morgan fingerprint density at radius 1 is 1.07 bits per heavy atom. The van der Waals surface area contributed by atoms with Crippen LogP contribution in [0.4, 0.5) is 0 Å². The summed E-state index contributed by atoms with van der Waals surface area (Å²) in [5.74, 6) is 1.19. The molecular weight excluding hydrogens is 372 g/mol. The average Bonchev–Trinajstić information content (AvgIpc) is 2.97. The monoisotopic (exact) mass is 394 g/mol. The van der Waals surface area contributed by atoms with Gasteiger partial charge in [0.25, 0.3) is 5.56 Å². The summed E-state index contributed by atoms with van der Waals surface area (Å²) in [4.78, 5) is 15.2. The van der Waals surface area contributed by atoms with Crippen molar-refractivity contribution in [3.63, 3.8) is 0 Å². The summed E-state index contributed by atoms with van der Waals surface area (Å²) in [6, 6.07) is 4.70. The minimum atomic E-state index is -3.61. The van der Waals surface area contributed by atoms with Crippen LogP contribution in [0.15, 0.2) is 23.0 Å². The summed E-state index contributed by atoms with van der Waals surface area (Å²) in [5.41, 5.74) is 6.46. The van der Waals surface area contributed by atoms with Crippen molar-refractivity contribution in [2.75, 3.05) is 13.2 Å². The van der Waals surface area contributed by atoms with Gasteiger partial charge < -0.3 is 14.5 Å². The smallest absolute Gasteiger partial charge is 0.252 e. The lowest BCUT2D eigenvalue weighted by atomic mass is 10.1. The predicted molar refractivity (Wildman–Crippen MR) is 100 cm³/mol. The first kappa shape index (κ1) is 18.2. The van der Waals surface area contributed by atoms with Crippen LogP contribution in [0.1, 0.15) is 19.4 Å². The Labute approximate surface area is 156 Å². The van der Waals surface area contributed by atoms with Crippen molar-refractivity contribution in [3.8, 4) is 11.5 Å². The summed E-state index contributed by atoms with van der Waals surface area (Å²) in [6.07, 6.45) is 0. The predicted octanol–water partition coefficient (Wildman–Crippen LogP) is -0.0279. The maximum atomic E-state index is 12.7. The van der Waals surface area contributed by atoms with E-state index in [1.165, 1.54) is 0 Å². The number of pyridine rings is 1. The first-order valence-electron chi connectivity index (χ1n) is 8.80. The van der Waals surface area contributed by atoms with Crippen LogP contribution in [0.25, 0.3) is 10.9 Å². The number of ether oxygens (including phenoxy) is 2. The number of benzene rings is 1. The molecule has 2 aliphatic rings. The molecule has 1 saturated heterocycles. The van der Waals surface area contributed by atoms with Gasteiger partial charge in [0.2, 0.25) is 10.0 Å². The lowest BCUT2D eigenvalue weighted by Gasteiger charge is -2.20. The number of fused-ring (bicyclic) bond motifs is 2. The van der Waals surface area contributed by atoms with E-state index in [0.29, 0.717) is 35.8 Å². The van der Waals surface area contributed by atoms with Gasteiger partial charge in [-0.15, -0.1) is 0 Å². The van der Waals surface area contributed by atoms with Gasteiger partial charge in [-0.1, -0.05) is 0 Å². The van der Waals surface area contributed by atoms with Crippen molar-refractivity contribution in [1.29, 1.82) is 0 Å². The Hall–Kier alpha value is -2.14. The molecule has 0 spiro atoms. The van der Waals surface area contributed by atoms with E-state index in [4.69, 9.17) is 9.47 Å². The van der Waals surface area contributed by atoms with Gasteiger partial charge in [-0.2, -0.15) is 0 Å². The number of aromatic amines is 1. The van der Waals surface area contributed by atoms with Crippen LogP contribution < -0.4 is 30.6 Å². The summed E-state index contributed by atoms with van der Waals surface area (Å²) >= 11 is 0. The molecule has 1 fully saturated rings. The van der Waals surface area contributed by atoms with Crippen molar-refractivity contribution in [2.24, 2.45) is 0 Å². The molecule has 3 heterocycles. The zero-order chi connectivity index (χ0) is 19.2. The van der Waals surface area contributed by atoms with E-state index in [1.807, 2.05) is 0 Å². The topological polar surface area (TPSA) is 122 Å². The molecule has 2 atom stereocenters. The highest BCUT2D eigenvalue weighted by Gasteiger charge is 2.40. The van der Waals surface area contributed by atoms with Gasteiger partial charge in [-0.05, 0) is 26.0 Å². The third-order valence-electron chi connectivity index (χ3n) is 4.93. The fraction of sp³-hybridized carbons (Fsp3) is 0.471. The van der Waals surface area contributed by atoms with Gasteiger partial charge in [-0.3, -0.25) is 15.6 Å². The molecule has 146 valence electrons. The molecule has 0 radical (unpaired) electrons. The molecule has 27 heavy (non-hydrogen) atoms. The molecule has 0 bridgehead atoms. The molecule has 1 aromatic carbocycles. The molecule has 0 amide bonds. The van der Waals surface area contributed by atoms with E-state index in [1.54, 1.807) is 32.0 Å². The number of hydrazine groups is 1. The zero-order valence-electron chi connectivity index (χ0n) is 15.0. The highest BCUT2D eigenvalue weighted by molar-refractivity contribution is 7.90. The number of aromatic nitrogens is 1. The average molecular weight is 394 g/mol. The molecule has 4 rings (SSSR count). The van der Waals surface area contributed by atoms with Gasteiger partial charge in [0.15, 0.2) is 11.5 Å². The van der Waals surface area contributed by atoms with Crippen molar-refractivity contribution < 1.29 is 17.9 Å². The Morgan fingerprint density at radius 3 is 2.37 bits per heavy atom. The van der Waals surface area contributed by atoms with Crippen molar-refractivity contribution in [2.45, 2.75) is 37.7 Å². The SMILES string of the molecule is CC1NNC(C)C1S(=O)(=O)NCc1cc2cc3c(cc2[nH]c1=O)OCCO3. The van der Waals surface area contributed by atoms with Crippen molar-refractivity contribution in [3.05, 3.63) is 34.1 Å². The maximum absolute atomic E-state index is 12.7. The third kappa shape index (κ3) is 3.41. The molecule has 4 N–H and O–H groups in total. The summed E-state index contributed by atoms with van der Waals surface area (Å²) in [5, 5.41) is 0.119. The molecule has 2 aliphatic heterocycles. The third-order valence-corrected chi connectivity index (χ3v) is 7.01. The lowest BCUT2D eigenvalue weighted by Crippen LogP contribution is -2.44. The molecule has 1 aromatic heterocycles. The standard InChI is InChI=1S/C17H22N4O5S/c1-9-16(10(2)21-20-9)27(23,24)18-8-12-5-11-6-14-15(26-4-3-25-14)7-13(11)19-17(12)22/h5-7,9-10,16,18,20-21H,3-4,8H2,1-2H3,(H,19,22). The lowest BCUT2D eigenvalue weighted by molar-refractivity contribution is 0.172. The first-order chi connectivity index (χ1) is 12.8. The molecule has 10 heteroatoms. The highest BCUT2D eigenvalue weighted by atomic mass is 32.2. The second-order valence-electron chi connectivity index (χ2n) is 6.90. The van der Waals surface area contributed by atoms with E-state index >= 15 is 0 Å². The number of rotatable bonds is 4. The van der Waals surface area contributed by atoms with Gasteiger partial charge in [0.1, 0.15) is 18.5 Å². The second-order valence-corrected chi connectivity index (χ2v) is 8.83. The molecule has 2 unspecified atom stereocenters. The van der Waals surface area contributed by atoms with Crippen LogP contribution in [0.5, 0.6) is 11.5 Å². The van der Waals surface area contributed by atoms with Crippen LogP contribution in [0, 0.1) is 0 Å². The Kier molecular flexibility index (Phi) is 4.58. The fourth-order valence-electron chi connectivity index (χ4n) is 3.59. The highest BCUT2D eigenvalue weighted by Crippen LogP contribution is 2.33. The maximum Gasteiger partial charge on any atom is 0.252 e. The summed E-state index contributed by atoms with van der Waals surface area (Å²) < 4.78 is 39.0. The van der Waals surface area contributed by atoms with Crippen LogP contribution in [-0.2, 0) is 16.6 Å². The zero-order valence-corrected chi connectivity index (χ0v) is 15.9. The van der Waals surface area contributed by atoms with Crippen LogP contribution >= 0.6 is 0 Å². The number of nitrogens with one attached hydrogen (secondary N) is 4. The molecule has 0 saturated carbocycles. The van der Waals surface area contributed by atoms with E-state index < -0.39 is 15.3 Å². The summed E-state index contributed by atoms with van der Waals surface area (Å²) in [6.45, 7) is 4.44. The quantitative estimate of drug-likeness (QED) is 0.575. The van der Waals surface area contributed by atoms with E-state index in [-0.39, 0.29) is 24.2 Å². The molecule has 2 aromatic rings. The number of sulfonamides is 1. The first-order valence-corrected chi connectivity index (χ1v) is 10.3. The Morgan fingerprint density at radius 2 is 1.70 bits per heavy atom. The second kappa shape index (κ2) is 6.79. The van der Waals surface area contributed by atoms with Crippen molar-refractivity contribution in [1.82, 2.24) is 20.6 Å². The van der Waals surface area contributed by atoms with Gasteiger partial charge in [0.05, 0.1) is 5.52 Å². The molecule has 0 aliphatic carbocycles. The van der Waals surface area contributed by atoms with E-state index in [0.717, 1.165) is 5.39 Å².